The van der Waals surface area contributed by atoms with E-state index in [1.165, 1.54) is 19.2 Å². The van der Waals surface area contributed by atoms with Gasteiger partial charge in [-0.1, -0.05) is 25.1 Å². The van der Waals surface area contributed by atoms with Crippen LogP contribution in [0.5, 0.6) is 17.4 Å². The molecule has 10 heteroatoms. The van der Waals surface area contributed by atoms with Crippen molar-refractivity contribution >= 4 is 11.6 Å². The van der Waals surface area contributed by atoms with Crippen molar-refractivity contribution in [2.75, 3.05) is 14.2 Å². The molecule has 0 spiro atoms. The number of hydrogen-bond acceptors (Lipinski definition) is 7. The number of methoxy groups -OCH3 is 2. The predicted molar refractivity (Wildman–Crippen MR) is 130 cm³/mol. The minimum absolute atomic E-state index is 0.122. The lowest BCUT2D eigenvalue weighted by Gasteiger charge is -2.23. The lowest BCUT2D eigenvalue weighted by atomic mass is 9.98. The normalized spacial score (nSPS) is 15.1. The van der Waals surface area contributed by atoms with Gasteiger partial charge in [-0.25, -0.2) is 14.4 Å². The highest BCUT2D eigenvalue weighted by atomic mass is 16.5. The molecule has 182 valence electrons. The first-order valence-corrected chi connectivity index (χ1v) is 11.1. The van der Waals surface area contributed by atoms with Crippen molar-refractivity contribution in [2.24, 2.45) is 5.10 Å². The summed E-state index contributed by atoms with van der Waals surface area (Å²) in [7, 11) is 3.05. The van der Waals surface area contributed by atoms with Gasteiger partial charge >= 0.3 is 5.69 Å². The minimum atomic E-state index is -0.790. The quantitative estimate of drug-likeness (QED) is 0.561. The van der Waals surface area contributed by atoms with Gasteiger partial charge in [-0.05, 0) is 30.7 Å². The summed E-state index contributed by atoms with van der Waals surface area (Å²) >= 11 is 0. The number of carbonyl (C=O) groups excluding carboxylic acids is 1. The fourth-order valence-corrected chi connectivity index (χ4v) is 4.21. The van der Waals surface area contributed by atoms with Gasteiger partial charge in [0.2, 0.25) is 11.8 Å². The summed E-state index contributed by atoms with van der Waals surface area (Å²) in [5.74, 6) is 0.254. The van der Waals surface area contributed by atoms with Crippen LogP contribution in [0.25, 0.3) is 5.69 Å². The van der Waals surface area contributed by atoms with Crippen molar-refractivity contribution in [1.29, 1.82) is 0 Å². The molecule has 0 saturated heterocycles. The number of carbonyl (C=O) groups is 1. The van der Waals surface area contributed by atoms with Gasteiger partial charge < -0.3 is 14.6 Å². The Balaban J connectivity index is 1.87. The number of ether oxygens (including phenoxy) is 2. The summed E-state index contributed by atoms with van der Waals surface area (Å²) in [6.07, 6.45) is 0.299. The number of nitrogens with one attached hydrogen (secondary N) is 1. The first-order valence-electron chi connectivity index (χ1n) is 11.1. The number of para-hydroxylation sites is 1. The second kappa shape index (κ2) is 9.49. The zero-order valence-electron chi connectivity index (χ0n) is 19.9. The maximum Gasteiger partial charge on any atom is 0.335 e. The first kappa shape index (κ1) is 23.8. The van der Waals surface area contributed by atoms with Gasteiger partial charge in [0.05, 0.1) is 31.7 Å². The molecule has 0 fully saturated rings. The second-order valence-electron chi connectivity index (χ2n) is 8.05. The molecule has 1 aliphatic heterocycles. The number of aromatic nitrogens is 2. The molecule has 0 saturated carbocycles. The summed E-state index contributed by atoms with van der Waals surface area (Å²) in [5, 5.41) is 16.8. The van der Waals surface area contributed by atoms with E-state index in [2.05, 4.69) is 10.1 Å². The zero-order chi connectivity index (χ0) is 25.3. The molecule has 3 aromatic rings. The van der Waals surface area contributed by atoms with E-state index < -0.39 is 23.2 Å². The number of nitrogens with zero attached hydrogens (tertiary/aromatic N) is 3. The third kappa shape index (κ3) is 4.18. The van der Waals surface area contributed by atoms with Crippen LogP contribution >= 0.6 is 0 Å². The highest BCUT2D eigenvalue weighted by Crippen LogP contribution is 2.39. The maximum absolute atomic E-state index is 12.9. The van der Waals surface area contributed by atoms with Crippen LogP contribution in [0.2, 0.25) is 0 Å². The molecule has 1 aliphatic rings. The standard InChI is InChI=1S/C25H26N4O6/c1-5-21(30)29-19(16-11-10-15(34-3)12-20(16)35-4)13-17(27-29)22-23(31)26-25(33)28(24(22)32)18-9-7-6-8-14(18)2/h6-12,19,32H,5,13H2,1-4H3,(H,26,31,33)/t19-/m1/s1. The average molecular weight is 479 g/mol. The Labute approximate surface area is 201 Å². The van der Waals surface area contributed by atoms with Crippen LogP contribution in [0.3, 0.4) is 0 Å². The SMILES string of the molecule is CCC(=O)N1N=C(c2c(O)n(-c3ccccc3C)c(=O)[nH]c2=O)C[C@@H]1c1ccc(OC)cc1OC. The molecule has 4 rings (SSSR count). The number of amides is 1. The molecule has 1 amide bonds. The summed E-state index contributed by atoms with van der Waals surface area (Å²) in [4.78, 5) is 40.6. The van der Waals surface area contributed by atoms with Crippen LogP contribution in [0.1, 0.15) is 42.5 Å². The Morgan fingerprint density at radius 3 is 2.57 bits per heavy atom. The number of hydrazone groups is 1. The molecule has 2 N–H and O–H groups in total. The molecule has 2 aromatic carbocycles. The van der Waals surface area contributed by atoms with E-state index in [0.717, 1.165) is 10.1 Å². The average Bonchev–Trinajstić information content (AvgIpc) is 3.28. The molecule has 2 heterocycles. The Kier molecular flexibility index (Phi) is 6.46. The number of hydrogen-bond donors (Lipinski definition) is 2. The Hall–Kier alpha value is -4.34. The van der Waals surface area contributed by atoms with Gasteiger partial charge in [-0.15, -0.1) is 0 Å². The zero-order valence-corrected chi connectivity index (χ0v) is 19.9. The Morgan fingerprint density at radius 2 is 1.91 bits per heavy atom. The van der Waals surface area contributed by atoms with Crippen molar-refractivity contribution in [3.63, 3.8) is 0 Å². The third-order valence-corrected chi connectivity index (χ3v) is 6.00. The lowest BCUT2D eigenvalue weighted by molar-refractivity contribution is -0.132. The Bertz CT molecular complexity index is 1440. The largest absolute Gasteiger partial charge is 0.497 e. The molecule has 0 aliphatic carbocycles. The summed E-state index contributed by atoms with van der Waals surface area (Å²) in [6, 6.07) is 11.6. The molecule has 0 radical (unpaired) electrons. The number of aryl methyl sites for hydroxylation is 1. The monoisotopic (exact) mass is 478 g/mol. The number of aromatic hydroxyl groups is 1. The lowest BCUT2D eigenvalue weighted by Crippen LogP contribution is -2.33. The molecule has 35 heavy (non-hydrogen) atoms. The fraction of sp³-hybridized carbons (Fsp3) is 0.280. The van der Waals surface area contributed by atoms with Crippen molar-refractivity contribution in [3.8, 4) is 23.1 Å². The summed E-state index contributed by atoms with van der Waals surface area (Å²) in [6.45, 7) is 3.49. The van der Waals surface area contributed by atoms with E-state index in [4.69, 9.17) is 9.47 Å². The van der Waals surface area contributed by atoms with E-state index in [0.29, 0.717) is 22.7 Å². The topological polar surface area (TPSA) is 126 Å². The maximum atomic E-state index is 12.9. The van der Waals surface area contributed by atoms with Crippen LogP contribution in [0, 0.1) is 6.92 Å². The van der Waals surface area contributed by atoms with Crippen LogP contribution in [-0.4, -0.2) is 45.5 Å². The summed E-state index contributed by atoms with van der Waals surface area (Å²) < 4.78 is 11.8. The van der Waals surface area contributed by atoms with E-state index >= 15 is 0 Å². The molecule has 0 bridgehead atoms. The van der Waals surface area contributed by atoms with E-state index in [1.807, 2.05) is 0 Å². The molecule has 10 nitrogen and oxygen atoms in total. The molecule has 1 aromatic heterocycles. The number of H-pyrrole nitrogens is 1. The Morgan fingerprint density at radius 1 is 1.17 bits per heavy atom. The van der Waals surface area contributed by atoms with Gasteiger partial charge in [-0.3, -0.25) is 14.6 Å². The second-order valence-corrected chi connectivity index (χ2v) is 8.05. The van der Waals surface area contributed by atoms with Crippen LogP contribution < -0.4 is 20.7 Å². The highest BCUT2D eigenvalue weighted by Gasteiger charge is 2.36. The number of benzene rings is 2. The minimum Gasteiger partial charge on any atom is -0.497 e. The van der Waals surface area contributed by atoms with Crippen LogP contribution in [-0.2, 0) is 4.79 Å². The summed E-state index contributed by atoms with van der Waals surface area (Å²) in [5.41, 5.74) is 0.242. The molecular weight excluding hydrogens is 452 g/mol. The molecule has 0 unspecified atom stereocenters. The number of rotatable bonds is 6. The van der Waals surface area contributed by atoms with Crippen molar-refractivity contribution in [2.45, 2.75) is 32.7 Å². The fourth-order valence-electron chi connectivity index (χ4n) is 4.21. The molecule has 1 atom stereocenters. The van der Waals surface area contributed by atoms with Crippen molar-refractivity contribution in [3.05, 3.63) is 80.0 Å². The molecular formula is C25H26N4O6. The highest BCUT2D eigenvalue weighted by molar-refractivity contribution is 6.04. The smallest absolute Gasteiger partial charge is 0.335 e. The van der Waals surface area contributed by atoms with Gasteiger partial charge in [0, 0.05) is 24.5 Å². The van der Waals surface area contributed by atoms with E-state index in [9.17, 15) is 19.5 Å². The van der Waals surface area contributed by atoms with Crippen molar-refractivity contribution in [1.82, 2.24) is 14.6 Å². The van der Waals surface area contributed by atoms with Crippen LogP contribution in [0.4, 0.5) is 0 Å². The van der Waals surface area contributed by atoms with Gasteiger partial charge in [0.1, 0.15) is 17.1 Å². The van der Waals surface area contributed by atoms with Crippen molar-refractivity contribution < 1.29 is 19.4 Å². The first-order chi connectivity index (χ1) is 16.8. The number of aromatic amines is 1. The van der Waals surface area contributed by atoms with Crippen LogP contribution in [0.15, 0.2) is 57.2 Å². The van der Waals surface area contributed by atoms with Gasteiger partial charge in [-0.2, -0.15) is 5.10 Å². The predicted octanol–water partition coefficient (Wildman–Crippen LogP) is 2.64. The van der Waals surface area contributed by atoms with E-state index in [-0.39, 0.29) is 30.0 Å². The van der Waals surface area contributed by atoms with Gasteiger partial charge in [0.15, 0.2) is 0 Å². The third-order valence-electron chi connectivity index (χ3n) is 6.00. The van der Waals surface area contributed by atoms with E-state index in [1.54, 1.807) is 56.3 Å². The van der Waals surface area contributed by atoms with Gasteiger partial charge in [0.25, 0.3) is 5.56 Å².